The molecule has 29 heavy (non-hydrogen) atoms. The highest BCUT2D eigenvalue weighted by atomic mass is 16.6. The average molecular weight is 392 g/mol. The molecule has 0 bridgehead atoms. The fraction of sp³-hybridized carbons (Fsp3) is 0.238. The minimum atomic E-state index is -0.412. The first kappa shape index (κ1) is 18.7. The van der Waals surface area contributed by atoms with Gasteiger partial charge in [0.05, 0.1) is 12.0 Å². The van der Waals surface area contributed by atoms with E-state index in [1.165, 1.54) is 6.07 Å². The van der Waals surface area contributed by atoms with Gasteiger partial charge in [-0.25, -0.2) is 4.98 Å². The monoisotopic (exact) mass is 392 g/mol. The molecule has 1 aromatic heterocycles. The number of aromatic nitrogens is 1. The Labute approximate surface area is 167 Å². The number of pyridine rings is 1. The van der Waals surface area contributed by atoms with Gasteiger partial charge in [-0.05, 0) is 42.5 Å². The highest BCUT2D eigenvalue weighted by Crippen LogP contribution is 2.32. The van der Waals surface area contributed by atoms with Crippen LogP contribution in [0.15, 0.2) is 54.7 Å². The van der Waals surface area contributed by atoms with Crippen LogP contribution < -0.4 is 9.64 Å². The molecule has 1 amide bonds. The summed E-state index contributed by atoms with van der Waals surface area (Å²) in [5, 5.41) is 12.0. The molecule has 8 nitrogen and oxygen atoms in total. The first-order valence-corrected chi connectivity index (χ1v) is 9.29. The van der Waals surface area contributed by atoms with E-state index in [2.05, 4.69) is 9.88 Å². The van der Waals surface area contributed by atoms with E-state index in [1.807, 2.05) is 11.0 Å². The Hall–Kier alpha value is -3.68. The van der Waals surface area contributed by atoms with E-state index in [0.717, 1.165) is 11.1 Å². The number of anilines is 1. The van der Waals surface area contributed by atoms with Crippen LogP contribution in [0.2, 0.25) is 0 Å². The highest BCUT2D eigenvalue weighted by molar-refractivity contribution is 5.98. The first-order chi connectivity index (χ1) is 14.1. The van der Waals surface area contributed by atoms with Crippen molar-refractivity contribution < 1.29 is 14.5 Å². The van der Waals surface area contributed by atoms with Crippen molar-refractivity contribution in [3.05, 3.63) is 70.4 Å². The number of ether oxygens (including phenoxy) is 1. The fourth-order valence-electron chi connectivity index (χ4n) is 3.63. The molecule has 0 spiro atoms. The molecule has 3 aromatic rings. The van der Waals surface area contributed by atoms with Gasteiger partial charge in [0, 0.05) is 55.1 Å². The van der Waals surface area contributed by atoms with Crippen LogP contribution in [0.5, 0.6) is 5.75 Å². The Morgan fingerprint density at radius 1 is 1.07 bits per heavy atom. The van der Waals surface area contributed by atoms with Gasteiger partial charge < -0.3 is 14.5 Å². The number of methoxy groups -OCH3 is 1. The maximum Gasteiger partial charge on any atom is 0.295 e. The molecule has 4 rings (SSSR count). The summed E-state index contributed by atoms with van der Waals surface area (Å²) in [7, 11) is 1.59. The topological polar surface area (TPSA) is 88.8 Å². The Kier molecular flexibility index (Phi) is 4.99. The van der Waals surface area contributed by atoms with Crippen molar-refractivity contribution in [3.63, 3.8) is 0 Å². The van der Waals surface area contributed by atoms with Gasteiger partial charge in [0.2, 0.25) is 0 Å². The number of amides is 1. The molecule has 0 N–H and O–H groups in total. The summed E-state index contributed by atoms with van der Waals surface area (Å²) >= 11 is 0. The molecular weight excluding hydrogens is 372 g/mol. The number of nitro groups is 1. The quantitative estimate of drug-likeness (QED) is 0.501. The molecule has 0 radical (unpaired) electrons. The Balaban J connectivity index is 1.52. The lowest BCUT2D eigenvalue weighted by molar-refractivity contribution is -0.383. The summed E-state index contributed by atoms with van der Waals surface area (Å²) in [5.41, 5.74) is 1.91. The van der Waals surface area contributed by atoms with Crippen molar-refractivity contribution in [2.24, 2.45) is 0 Å². The molecule has 8 heteroatoms. The van der Waals surface area contributed by atoms with Crippen molar-refractivity contribution in [2.45, 2.75) is 0 Å². The summed E-state index contributed by atoms with van der Waals surface area (Å²) in [6.07, 6.45) is 1.56. The largest absolute Gasteiger partial charge is 0.497 e. The minimum Gasteiger partial charge on any atom is -0.497 e. The summed E-state index contributed by atoms with van der Waals surface area (Å²) in [4.78, 5) is 31.8. The van der Waals surface area contributed by atoms with Crippen LogP contribution in [0.25, 0.3) is 10.9 Å². The molecule has 1 aliphatic heterocycles. The second kappa shape index (κ2) is 7.75. The standard InChI is InChI=1S/C21H20N4O4/c1-29-16-6-4-15(5-7-16)21(26)24-13-11-23(12-14-24)18-8-9-19(25(27)28)20-17(18)3-2-10-22-20/h2-10H,11-14H2,1H3. The van der Waals surface area contributed by atoms with Gasteiger partial charge in [0.25, 0.3) is 11.6 Å². The smallest absolute Gasteiger partial charge is 0.295 e. The van der Waals surface area contributed by atoms with Gasteiger partial charge in [0.15, 0.2) is 0 Å². The Morgan fingerprint density at radius 2 is 1.79 bits per heavy atom. The lowest BCUT2D eigenvalue weighted by Crippen LogP contribution is -2.48. The minimum absolute atomic E-state index is 0.00216. The number of rotatable bonds is 4. The van der Waals surface area contributed by atoms with E-state index in [4.69, 9.17) is 4.74 Å². The first-order valence-electron chi connectivity index (χ1n) is 9.29. The van der Waals surface area contributed by atoms with Crippen LogP contribution >= 0.6 is 0 Å². The van der Waals surface area contributed by atoms with Crippen LogP contribution in [0.4, 0.5) is 11.4 Å². The van der Waals surface area contributed by atoms with Crippen LogP contribution in [0.3, 0.4) is 0 Å². The summed E-state index contributed by atoms with van der Waals surface area (Å²) in [6.45, 7) is 2.43. The van der Waals surface area contributed by atoms with E-state index in [9.17, 15) is 14.9 Å². The number of carbonyl (C=O) groups is 1. The zero-order chi connectivity index (χ0) is 20.4. The summed E-state index contributed by atoms with van der Waals surface area (Å²) < 4.78 is 5.14. The molecule has 0 saturated carbocycles. The van der Waals surface area contributed by atoms with Crippen molar-refractivity contribution in [1.82, 2.24) is 9.88 Å². The van der Waals surface area contributed by atoms with Crippen LogP contribution in [0, 0.1) is 10.1 Å². The second-order valence-corrected chi connectivity index (χ2v) is 6.77. The normalized spacial score (nSPS) is 14.1. The molecule has 2 heterocycles. The molecule has 2 aromatic carbocycles. The van der Waals surface area contributed by atoms with E-state index in [1.54, 1.807) is 49.7 Å². The third-order valence-corrected chi connectivity index (χ3v) is 5.17. The van der Waals surface area contributed by atoms with Gasteiger partial charge in [-0.3, -0.25) is 14.9 Å². The van der Waals surface area contributed by atoms with Gasteiger partial charge in [-0.2, -0.15) is 0 Å². The van der Waals surface area contributed by atoms with Crippen molar-refractivity contribution in [2.75, 3.05) is 38.2 Å². The maximum atomic E-state index is 12.8. The number of piperazine rings is 1. The number of carbonyl (C=O) groups excluding carboxylic acids is 1. The predicted molar refractivity (Wildman–Crippen MR) is 110 cm³/mol. The van der Waals surface area contributed by atoms with Crippen molar-refractivity contribution in [3.8, 4) is 5.75 Å². The Morgan fingerprint density at radius 3 is 2.45 bits per heavy atom. The molecule has 1 aliphatic rings. The molecule has 148 valence electrons. The van der Waals surface area contributed by atoms with Crippen LogP contribution in [0.1, 0.15) is 10.4 Å². The number of non-ortho nitro benzene ring substituents is 1. The highest BCUT2D eigenvalue weighted by Gasteiger charge is 2.25. The zero-order valence-corrected chi connectivity index (χ0v) is 15.9. The lowest BCUT2D eigenvalue weighted by atomic mass is 10.1. The molecule has 0 atom stereocenters. The van der Waals surface area contributed by atoms with E-state index in [0.29, 0.717) is 43.0 Å². The van der Waals surface area contributed by atoms with Gasteiger partial charge in [-0.1, -0.05) is 0 Å². The molecule has 0 aliphatic carbocycles. The average Bonchev–Trinajstić information content (AvgIpc) is 2.78. The van der Waals surface area contributed by atoms with E-state index < -0.39 is 4.92 Å². The number of hydrogen-bond donors (Lipinski definition) is 0. The van der Waals surface area contributed by atoms with Gasteiger partial charge in [-0.15, -0.1) is 0 Å². The van der Waals surface area contributed by atoms with Gasteiger partial charge >= 0.3 is 0 Å². The summed E-state index contributed by atoms with van der Waals surface area (Å²) in [5.74, 6) is 0.701. The number of benzene rings is 2. The number of fused-ring (bicyclic) bond motifs is 1. The molecular formula is C21H20N4O4. The number of nitrogens with zero attached hydrogens (tertiary/aromatic N) is 4. The van der Waals surface area contributed by atoms with Crippen LogP contribution in [-0.4, -0.2) is 54.0 Å². The maximum absolute atomic E-state index is 12.8. The summed E-state index contributed by atoms with van der Waals surface area (Å²) in [6, 6.07) is 14.0. The van der Waals surface area contributed by atoms with Crippen molar-refractivity contribution in [1.29, 1.82) is 0 Å². The SMILES string of the molecule is COc1ccc(C(=O)N2CCN(c3ccc([N+](=O)[O-])c4ncccc34)CC2)cc1. The number of nitro benzene ring substituents is 1. The third kappa shape index (κ3) is 3.56. The fourth-order valence-corrected chi connectivity index (χ4v) is 3.63. The predicted octanol–water partition coefficient (Wildman–Crippen LogP) is 3.11. The van der Waals surface area contributed by atoms with Crippen molar-refractivity contribution >= 4 is 28.2 Å². The number of hydrogen-bond acceptors (Lipinski definition) is 6. The third-order valence-electron chi connectivity index (χ3n) is 5.17. The van der Waals surface area contributed by atoms with E-state index in [-0.39, 0.29) is 11.6 Å². The zero-order valence-electron chi connectivity index (χ0n) is 15.9. The molecule has 1 saturated heterocycles. The van der Waals surface area contributed by atoms with Gasteiger partial charge in [0.1, 0.15) is 11.3 Å². The van der Waals surface area contributed by atoms with E-state index >= 15 is 0 Å². The molecule has 1 fully saturated rings. The molecule has 0 unspecified atom stereocenters. The van der Waals surface area contributed by atoms with Crippen LogP contribution in [-0.2, 0) is 0 Å². The Bertz CT molecular complexity index is 1060. The second-order valence-electron chi connectivity index (χ2n) is 6.77. The lowest BCUT2D eigenvalue weighted by Gasteiger charge is -2.36.